The highest BCUT2D eigenvalue weighted by atomic mass is 32.2. The summed E-state index contributed by atoms with van der Waals surface area (Å²) in [7, 11) is -2.11. The highest BCUT2D eigenvalue weighted by Gasteiger charge is 2.40. The second-order valence-electron chi connectivity index (χ2n) is 5.12. The third kappa shape index (κ3) is 4.96. The van der Waals surface area contributed by atoms with Gasteiger partial charge in [0.1, 0.15) is 0 Å². The Balaban J connectivity index is 2.71. The Bertz CT molecular complexity index is 403. The van der Waals surface area contributed by atoms with Gasteiger partial charge in [0.05, 0.1) is 17.1 Å². The largest absolute Gasteiger partial charge is 0.392 e. The number of nitrogens with one attached hydrogen (secondary N) is 2. The summed E-state index contributed by atoms with van der Waals surface area (Å²) in [5.41, 5.74) is 4.97. The van der Waals surface area contributed by atoms with Crippen LogP contribution in [0.2, 0.25) is 0 Å². The minimum Gasteiger partial charge on any atom is -0.392 e. The van der Waals surface area contributed by atoms with Gasteiger partial charge in [0.25, 0.3) is 10.2 Å². The van der Waals surface area contributed by atoms with Crippen molar-refractivity contribution in [3.05, 3.63) is 0 Å². The van der Waals surface area contributed by atoms with Crippen LogP contribution in [0.25, 0.3) is 0 Å². The van der Waals surface area contributed by atoms with E-state index in [1.54, 1.807) is 0 Å². The van der Waals surface area contributed by atoms with Gasteiger partial charge in [-0.05, 0) is 31.6 Å². The minimum absolute atomic E-state index is 0.218. The molecule has 0 spiro atoms. The van der Waals surface area contributed by atoms with E-state index in [2.05, 4.69) is 16.4 Å². The molecule has 0 bridgehead atoms. The SMILES string of the molecule is COCCNS(=O)(=O)NC1(C(N)=S)CCC(C)CC1. The normalized spacial score (nSPS) is 28.2. The zero-order valence-electron chi connectivity index (χ0n) is 11.4. The van der Waals surface area contributed by atoms with E-state index in [-0.39, 0.29) is 11.5 Å². The molecule has 19 heavy (non-hydrogen) atoms. The maximum atomic E-state index is 12.0. The molecule has 4 N–H and O–H groups in total. The lowest BCUT2D eigenvalue weighted by Crippen LogP contribution is -2.60. The summed E-state index contributed by atoms with van der Waals surface area (Å²) < 4.78 is 33.8. The van der Waals surface area contributed by atoms with Gasteiger partial charge in [0, 0.05) is 13.7 Å². The molecular weight excluding hydrogens is 286 g/mol. The van der Waals surface area contributed by atoms with Crippen molar-refractivity contribution in [3.63, 3.8) is 0 Å². The molecule has 0 radical (unpaired) electrons. The van der Waals surface area contributed by atoms with Crippen LogP contribution in [-0.4, -0.2) is 39.2 Å². The highest BCUT2D eigenvalue weighted by molar-refractivity contribution is 7.87. The standard InChI is InChI=1S/C11H23N3O3S2/c1-9-3-5-11(6-4-9,10(12)18)14-19(15,16)13-7-8-17-2/h9,13-14H,3-8H2,1-2H3,(H2,12,18). The van der Waals surface area contributed by atoms with Gasteiger partial charge >= 0.3 is 0 Å². The third-order valence-electron chi connectivity index (χ3n) is 3.53. The topological polar surface area (TPSA) is 93.4 Å². The maximum absolute atomic E-state index is 12.0. The second-order valence-corrected chi connectivity index (χ2v) is 7.06. The van der Waals surface area contributed by atoms with E-state index in [4.69, 9.17) is 22.7 Å². The molecular formula is C11H23N3O3S2. The quantitative estimate of drug-likeness (QED) is 0.464. The molecule has 0 aromatic rings. The molecule has 1 aliphatic rings. The van der Waals surface area contributed by atoms with Crippen LogP contribution in [-0.2, 0) is 14.9 Å². The van der Waals surface area contributed by atoms with Crippen LogP contribution in [0, 0.1) is 5.92 Å². The van der Waals surface area contributed by atoms with Gasteiger partial charge in [-0.15, -0.1) is 0 Å². The molecule has 112 valence electrons. The molecule has 1 fully saturated rings. The Hall–Kier alpha value is -0.280. The summed E-state index contributed by atoms with van der Waals surface area (Å²) in [6.45, 7) is 2.68. The third-order valence-corrected chi connectivity index (χ3v) is 5.16. The molecule has 0 aliphatic heterocycles. The van der Waals surface area contributed by atoms with Gasteiger partial charge in [-0.3, -0.25) is 0 Å². The van der Waals surface area contributed by atoms with Crippen molar-refractivity contribution in [1.29, 1.82) is 0 Å². The van der Waals surface area contributed by atoms with Crippen LogP contribution in [0.4, 0.5) is 0 Å². The van der Waals surface area contributed by atoms with E-state index in [9.17, 15) is 8.42 Å². The molecule has 1 rings (SSSR count). The molecule has 8 heteroatoms. The van der Waals surface area contributed by atoms with Crippen LogP contribution in [0.1, 0.15) is 32.6 Å². The van der Waals surface area contributed by atoms with E-state index >= 15 is 0 Å². The number of hydrogen-bond acceptors (Lipinski definition) is 4. The molecule has 1 aliphatic carbocycles. The molecule has 0 unspecified atom stereocenters. The van der Waals surface area contributed by atoms with Crippen LogP contribution < -0.4 is 15.2 Å². The predicted octanol–water partition coefficient (Wildman–Crippen LogP) is 0.292. The fourth-order valence-corrected chi connectivity index (χ4v) is 3.80. The Morgan fingerprint density at radius 2 is 2.05 bits per heavy atom. The summed E-state index contributed by atoms with van der Waals surface area (Å²) in [6, 6.07) is 0. The Labute approximate surface area is 120 Å². The molecule has 0 amide bonds. The number of methoxy groups -OCH3 is 1. The second kappa shape index (κ2) is 6.94. The van der Waals surface area contributed by atoms with Gasteiger partial charge < -0.3 is 10.5 Å². The lowest BCUT2D eigenvalue weighted by Gasteiger charge is -2.38. The van der Waals surface area contributed by atoms with Crippen molar-refractivity contribution < 1.29 is 13.2 Å². The summed E-state index contributed by atoms with van der Waals surface area (Å²) in [5, 5.41) is 0. The van der Waals surface area contributed by atoms with Crippen molar-refractivity contribution in [2.24, 2.45) is 11.7 Å². The number of hydrogen-bond donors (Lipinski definition) is 3. The Morgan fingerprint density at radius 1 is 1.47 bits per heavy atom. The van der Waals surface area contributed by atoms with Gasteiger partial charge in [0.2, 0.25) is 0 Å². The number of nitrogens with two attached hydrogens (primary N) is 1. The molecule has 0 heterocycles. The first-order valence-electron chi connectivity index (χ1n) is 6.39. The van der Waals surface area contributed by atoms with Crippen LogP contribution in [0.15, 0.2) is 0 Å². The van der Waals surface area contributed by atoms with E-state index in [0.29, 0.717) is 25.4 Å². The van der Waals surface area contributed by atoms with Crippen LogP contribution in [0.5, 0.6) is 0 Å². The average molecular weight is 309 g/mol. The zero-order valence-corrected chi connectivity index (χ0v) is 13.1. The lowest BCUT2D eigenvalue weighted by atomic mass is 9.78. The van der Waals surface area contributed by atoms with Gasteiger partial charge in [-0.25, -0.2) is 0 Å². The first-order chi connectivity index (χ1) is 8.81. The molecule has 0 saturated heterocycles. The zero-order chi connectivity index (χ0) is 14.5. The summed E-state index contributed by atoms with van der Waals surface area (Å²) >= 11 is 5.07. The van der Waals surface area contributed by atoms with E-state index in [1.165, 1.54) is 7.11 Å². The van der Waals surface area contributed by atoms with Crippen LogP contribution in [0.3, 0.4) is 0 Å². The Kier molecular flexibility index (Phi) is 6.13. The summed E-state index contributed by atoms with van der Waals surface area (Å²) in [6.07, 6.45) is 3.12. The molecule has 0 aromatic heterocycles. The predicted molar refractivity (Wildman–Crippen MR) is 79.1 cm³/mol. The number of rotatable bonds is 7. The molecule has 0 atom stereocenters. The fourth-order valence-electron chi connectivity index (χ4n) is 2.23. The lowest BCUT2D eigenvalue weighted by molar-refractivity contribution is 0.204. The minimum atomic E-state index is -3.62. The monoisotopic (exact) mass is 309 g/mol. The van der Waals surface area contributed by atoms with Crippen LogP contribution >= 0.6 is 12.2 Å². The maximum Gasteiger partial charge on any atom is 0.277 e. The first-order valence-corrected chi connectivity index (χ1v) is 8.28. The fraction of sp³-hybridized carbons (Fsp3) is 0.909. The van der Waals surface area contributed by atoms with Crippen molar-refractivity contribution >= 4 is 27.4 Å². The van der Waals surface area contributed by atoms with Crippen molar-refractivity contribution in [3.8, 4) is 0 Å². The summed E-state index contributed by atoms with van der Waals surface area (Å²) in [5.74, 6) is 0.577. The number of ether oxygens (including phenoxy) is 1. The van der Waals surface area contributed by atoms with E-state index in [0.717, 1.165) is 12.8 Å². The van der Waals surface area contributed by atoms with Crippen molar-refractivity contribution in [2.75, 3.05) is 20.3 Å². The molecule has 6 nitrogen and oxygen atoms in total. The van der Waals surface area contributed by atoms with E-state index < -0.39 is 15.7 Å². The Morgan fingerprint density at radius 3 is 2.53 bits per heavy atom. The molecule has 1 saturated carbocycles. The average Bonchev–Trinajstić information content (AvgIpc) is 2.32. The van der Waals surface area contributed by atoms with Gasteiger partial charge in [-0.1, -0.05) is 19.1 Å². The highest BCUT2D eigenvalue weighted by Crippen LogP contribution is 2.32. The summed E-state index contributed by atoms with van der Waals surface area (Å²) in [4.78, 5) is 0.219. The smallest absolute Gasteiger partial charge is 0.277 e. The van der Waals surface area contributed by atoms with Gasteiger partial charge in [0.15, 0.2) is 0 Å². The molecule has 0 aromatic carbocycles. The number of thiocarbonyl (C=S) groups is 1. The van der Waals surface area contributed by atoms with E-state index in [1.807, 2.05) is 0 Å². The van der Waals surface area contributed by atoms with Crippen molar-refractivity contribution in [2.45, 2.75) is 38.1 Å². The first kappa shape index (κ1) is 16.8. The van der Waals surface area contributed by atoms with Crippen molar-refractivity contribution in [1.82, 2.24) is 9.44 Å². The van der Waals surface area contributed by atoms with Gasteiger partial charge in [-0.2, -0.15) is 17.9 Å².